The molecule has 0 aliphatic heterocycles. The molecule has 0 aromatic carbocycles. The van der Waals surface area contributed by atoms with E-state index >= 15 is 0 Å². The molecule has 218 valence electrons. The Hall–Kier alpha value is -1.55. The van der Waals surface area contributed by atoms with E-state index in [4.69, 9.17) is 4.74 Å². The lowest BCUT2D eigenvalue weighted by atomic mass is 9.70. The van der Waals surface area contributed by atoms with Gasteiger partial charge in [-0.2, -0.15) is 30.7 Å². The van der Waals surface area contributed by atoms with Crippen molar-refractivity contribution in [2.24, 2.45) is 27.6 Å². The number of hydrogen-bond donors (Lipinski definition) is 0. The number of alkyl halides is 7. The summed E-state index contributed by atoms with van der Waals surface area (Å²) < 4.78 is 95.7. The molecule has 4 nitrogen and oxygen atoms in total. The van der Waals surface area contributed by atoms with Crippen LogP contribution in [-0.4, -0.2) is 42.7 Å². The van der Waals surface area contributed by atoms with Crippen LogP contribution in [0.2, 0.25) is 0 Å². The number of ether oxygens (including phenoxy) is 2. The van der Waals surface area contributed by atoms with Gasteiger partial charge in [0.2, 0.25) is 0 Å². The minimum atomic E-state index is -6.43. The van der Waals surface area contributed by atoms with Crippen LogP contribution >= 0.6 is 0 Å². The Bertz CT molecular complexity index is 833. The summed E-state index contributed by atoms with van der Waals surface area (Å²) in [6.45, 7) is 14.8. The highest BCUT2D eigenvalue weighted by molar-refractivity contribution is 5.76. The summed E-state index contributed by atoms with van der Waals surface area (Å²) in [6.07, 6.45) is -1.75. The minimum absolute atomic E-state index is 0.0143. The summed E-state index contributed by atoms with van der Waals surface area (Å²) in [5, 5.41) is 0. The van der Waals surface area contributed by atoms with Crippen LogP contribution in [0.1, 0.15) is 94.4 Å². The molecule has 2 aliphatic rings. The smallest absolute Gasteiger partial charge is 0.460 e. The van der Waals surface area contributed by atoms with Crippen LogP contribution in [0.3, 0.4) is 0 Å². The fraction of sp³-hybridized carbons (Fsp3) is 0.923. The summed E-state index contributed by atoms with van der Waals surface area (Å²) in [7, 11) is 0. The van der Waals surface area contributed by atoms with Crippen LogP contribution in [-0.2, 0) is 19.1 Å². The van der Waals surface area contributed by atoms with E-state index < -0.39 is 36.0 Å². The summed E-state index contributed by atoms with van der Waals surface area (Å²) in [6, 6.07) is 0. The van der Waals surface area contributed by atoms with Gasteiger partial charge in [-0.15, -0.1) is 0 Å². The molecule has 3 unspecified atom stereocenters. The third-order valence-electron chi connectivity index (χ3n) is 9.04. The van der Waals surface area contributed by atoms with Gasteiger partial charge in [-0.1, -0.05) is 34.6 Å². The van der Waals surface area contributed by atoms with E-state index in [1.807, 2.05) is 20.8 Å². The Labute approximate surface area is 215 Å². The van der Waals surface area contributed by atoms with Crippen LogP contribution in [0.15, 0.2) is 0 Å². The van der Waals surface area contributed by atoms with Gasteiger partial charge in [0.05, 0.1) is 10.8 Å². The van der Waals surface area contributed by atoms with Crippen LogP contribution < -0.4 is 0 Å². The maximum Gasteiger partial charge on any atom is 0.460 e. The third-order valence-corrected chi connectivity index (χ3v) is 9.04. The first kappa shape index (κ1) is 33.5. The van der Waals surface area contributed by atoms with Gasteiger partial charge in [-0.3, -0.25) is 9.59 Å². The fourth-order valence-electron chi connectivity index (χ4n) is 4.54. The number of esters is 2. The second-order valence-electron chi connectivity index (χ2n) is 12.3. The van der Waals surface area contributed by atoms with E-state index in [1.165, 1.54) is 33.6 Å². The van der Waals surface area contributed by atoms with Gasteiger partial charge in [0.15, 0.2) is 6.61 Å². The maximum atomic E-state index is 12.8. The first-order valence-corrected chi connectivity index (χ1v) is 12.5. The summed E-state index contributed by atoms with van der Waals surface area (Å²) in [5.41, 5.74) is -1.10. The van der Waals surface area contributed by atoms with Crippen molar-refractivity contribution in [1.82, 2.24) is 0 Å². The van der Waals surface area contributed by atoms with Gasteiger partial charge < -0.3 is 9.47 Å². The summed E-state index contributed by atoms with van der Waals surface area (Å²) >= 11 is 0. The van der Waals surface area contributed by atoms with Crippen molar-refractivity contribution in [3.8, 4) is 0 Å². The molecule has 2 bridgehead atoms. The normalized spacial score (nSPS) is 25.8. The van der Waals surface area contributed by atoms with Crippen molar-refractivity contribution in [1.29, 1.82) is 0 Å². The lowest BCUT2D eigenvalue weighted by Crippen LogP contribution is -2.54. The SMILES string of the molecule is CCC(C)(C)C(=O)OC1CC2CCC1(C)C2(C)C.CCC(C)(C)C(=O)OCC(F)(F)C(F)(F)C(F)(F)F. The van der Waals surface area contributed by atoms with Gasteiger partial charge in [-0.25, -0.2) is 0 Å². The van der Waals surface area contributed by atoms with E-state index in [-0.39, 0.29) is 29.3 Å². The molecule has 2 saturated carbocycles. The number of carbonyl (C=O) groups excluding carboxylic acids is 2. The maximum absolute atomic E-state index is 12.8. The molecule has 37 heavy (non-hydrogen) atoms. The molecule has 2 aliphatic carbocycles. The molecule has 0 aromatic heterocycles. The molecule has 3 atom stereocenters. The average molecular weight is 551 g/mol. The zero-order valence-electron chi connectivity index (χ0n) is 23.2. The molecule has 0 radical (unpaired) electrons. The van der Waals surface area contributed by atoms with Crippen molar-refractivity contribution in [3.05, 3.63) is 0 Å². The zero-order valence-corrected chi connectivity index (χ0v) is 23.2. The van der Waals surface area contributed by atoms with Crippen LogP contribution in [0, 0.1) is 27.6 Å². The highest BCUT2D eigenvalue weighted by atomic mass is 19.4. The predicted molar refractivity (Wildman–Crippen MR) is 124 cm³/mol. The average Bonchev–Trinajstić information content (AvgIpc) is 3.10. The number of fused-ring (bicyclic) bond motifs is 2. The molecular weight excluding hydrogens is 509 g/mol. The number of hydrogen-bond acceptors (Lipinski definition) is 4. The lowest BCUT2D eigenvalue weighted by molar-refractivity contribution is -0.360. The number of halogens is 7. The molecule has 0 amide bonds. The minimum Gasteiger partial charge on any atom is -0.461 e. The van der Waals surface area contributed by atoms with Crippen molar-refractivity contribution in [3.63, 3.8) is 0 Å². The van der Waals surface area contributed by atoms with Crippen molar-refractivity contribution >= 4 is 11.9 Å². The Morgan fingerprint density at radius 2 is 1.30 bits per heavy atom. The van der Waals surface area contributed by atoms with E-state index in [2.05, 4.69) is 25.5 Å². The molecule has 11 heteroatoms. The second-order valence-corrected chi connectivity index (χ2v) is 12.3. The topological polar surface area (TPSA) is 52.6 Å². The zero-order chi connectivity index (χ0) is 29.5. The van der Waals surface area contributed by atoms with Crippen LogP contribution in [0.4, 0.5) is 30.7 Å². The standard InChI is InChI=1S/C16H28O2.C10H13F7O2/c1-7-14(2,3)13(17)18-12-10-11-8-9-16(12,6)15(11,4)5;1-4-7(2,3)6(18)19-5-8(11,12)9(13,14)10(15,16)17/h11-12H,7-10H2,1-6H3;4-5H2,1-3H3. The van der Waals surface area contributed by atoms with Crippen LogP contribution in [0.5, 0.6) is 0 Å². The molecule has 0 saturated heterocycles. The monoisotopic (exact) mass is 550 g/mol. The largest absolute Gasteiger partial charge is 0.461 e. The molecule has 2 fully saturated rings. The molecule has 2 rings (SSSR count). The molecular formula is C26H41F7O4. The highest BCUT2D eigenvalue weighted by Crippen LogP contribution is 2.66. The van der Waals surface area contributed by atoms with E-state index in [1.54, 1.807) is 0 Å². The van der Waals surface area contributed by atoms with Gasteiger partial charge in [0, 0.05) is 5.41 Å². The second kappa shape index (κ2) is 10.5. The van der Waals surface area contributed by atoms with E-state index in [0.717, 1.165) is 18.8 Å². The molecule has 0 spiro atoms. The Balaban J connectivity index is 0.000000370. The van der Waals surface area contributed by atoms with E-state index in [9.17, 15) is 40.3 Å². The Kier molecular flexibility index (Phi) is 9.54. The van der Waals surface area contributed by atoms with Gasteiger partial charge in [0.1, 0.15) is 6.10 Å². The molecule has 0 aromatic rings. The van der Waals surface area contributed by atoms with Gasteiger partial charge >= 0.3 is 30.0 Å². The lowest BCUT2D eigenvalue weighted by Gasteiger charge is -2.39. The molecule has 0 N–H and O–H groups in total. The number of carbonyl (C=O) groups is 2. The third kappa shape index (κ3) is 6.37. The Morgan fingerprint density at radius 1 is 0.838 bits per heavy atom. The summed E-state index contributed by atoms with van der Waals surface area (Å²) in [4.78, 5) is 23.5. The van der Waals surface area contributed by atoms with E-state index in [0.29, 0.717) is 5.41 Å². The number of rotatable bonds is 8. The summed E-state index contributed by atoms with van der Waals surface area (Å²) in [5.74, 6) is -12.3. The van der Waals surface area contributed by atoms with Crippen molar-refractivity contribution in [2.75, 3.05) is 6.61 Å². The molecule has 0 heterocycles. The van der Waals surface area contributed by atoms with Gasteiger partial charge in [-0.05, 0) is 71.1 Å². The first-order chi connectivity index (χ1) is 16.3. The van der Waals surface area contributed by atoms with Crippen molar-refractivity contribution in [2.45, 2.75) is 119 Å². The highest BCUT2D eigenvalue weighted by Gasteiger charge is 2.73. The predicted octanol–water partition coefficient (Wildman–Crippen LogP) is 7.98. The van der Waals surface area contributed by atoms with Crippen LogP contribution in [0.25, 0.3) is 0 Å². The Morgan fingerprint density at radius 3 is 1.65 bits per heavy atom. The van der Waals surface area contributed by atoms with Gasteiger partial charge in [0.25, 0.3) is 0 Å². The fourth-order valence-corrected chi connectivity index (χ4v) is 4.54. The van der Waals surface area contributed by atoms with Crippen molar-refractivity contribution < 1.29 is 49.8 Å². The first-order valence-electron chi connectivity index (χ1n) is 12.5. The quantitative estimate of drug-likeness (QED) is 0.227.